The summed E-state index contributed by atoms with van der Waals surface area (Å²) in [7, 11) is 0. The van der Waals surface area contributed by atoms with E-state index in [1.54, 1.807) is 11.6 Å². The number of carbonyl (C=O) groups is 1. The highest BCUT2D eigenvalue weighted by atomic mass is 32.1. The number of hydrogen-bond acceptors (Lipinski definition) is 5. The smallest absolute Gasteiger partial charge is 0.343 e. The summed E-state index contributed by atoms with van der Waals surface area (Å²) in [5.74, 6) is -0.0489. The van der Waals surface area contributed by atoms with E-state index in [1.807, 2.05) is 6.92 Å². The highest BCUT2D eigenvalue weighted by molar-refractivity contribution is 7.78. The molecule has 6 heteroatoms. The maximum absolute atomic E-state index is 11.5. The first-order chi connectivity index (χ1) is 7.24. The lowest BCUT2D eigenvalue weighted by atomic mass is 10.3. The van der Waals surface area contributed by atoms with Gasteiger partial charge in [-0.05, 0) is 26.1 Å². The molecule has 0 N–H and O–H groups in total. The number of ether oxygens (including phenoxy) is 1. The van der Waals surface area contributed by atoms with Crippen molar-refractivity contribution in [2.24, 2.45) is 4.99 Å². The van der Waals surface area contributed by atoms with Crippen molar-refractivity contribution in [3.8, 4) is 0 Å². The average Bonchev–Trinajstić information content (AvgIpc) is 2.62. The number of rotatable bonds is 4. The van der Waals surface area contributed by atoms with Gasteiger partial charge in [-0.2, -0.15) is 10.1 Å². The molecule has 1 aromatic rings. The summed E-state index contributed by atoms with van der Waals surface area (Å²) in [6.07, 6.45) is 1.42. The van der Waals surface area contributed by atoms with Gasteiger partial charge in [0, 0.05) is 6.54 Å². The molecule has 0 unspecified atom stereocenters. The lowest BCUT2D eigenvalue weighted by molar-refractivity contribution is 0.0527. The molecule has 0 spiro atoms. The van der Waals surface area contributed by atoms with Crippen molar-refractivity contribution in [2.75, 3.05) is 6.61 Å². The third-order valence-electron chi connectivity index (χ3n) is 1.76. The Balaban J connectivity index is 3.12. The fourth-order valence-corrected chi connectivity index (χ4v) is 1.21. The fourth-order valence-electron chi connectivity index (χ4n) is 1.12. The number of esters is 1. The van der Waals surface area contributed by atoms with Crippen molar-refractivity contribution in [3.05, 3.63) is 11.8 Å². The standard InChI is InChI=1S/C9H11N3O2S/c1-3-12-8(10-6-15)7(5-11-12)9(13)14-4-2/h5H,3-4H2,1-2H3. The second kappa shape index (κ2) is 5.38. The summed E-state index contributed by atoms with van der Waals surface area (Å²) in [6.45, 7) is 4.56. The van der Waals surface area contributed by atoms with E-state index in [0.29, 0.717) is 24.5 Å². The molecular weight excluding hydrogens is 214 g/mol. The van der Waals surface area contributed by atoms with E-state index >= 15 is 0 Å². The van der Waals surface area contributed by atoms with Gasteiger partial charge in [0.15, 0.2) is 5.82 Å². The lowest BCUT2D eigenvalue weighted by Crippen LogP contribution is -2.04. The summed E-state index contributed by atoms with van der Waals surface area (Å²) in [4.78, 5) is 15.3. The van der Waals surface area contributed by atoms with Gasteiger partial charge in [0.25, 0.3) is 0 Å². The van der Waals surface area contributed by atoms with E-state index in [2.05, 4.69) is 27.5 Å². The van der Waals surface area contributed by atoms with Crippen LogP contribution < -0.4 is 0 Å². The topological polar surface area (TPSA) is 56.5 Å². The molecule has 5 nitrogen and oxygen atoms in total. The van der Waals surface area contributed by atoms with E-state index in [-0.39, 0.29) is 0 Å². The Morgan fingerprint density at radius 3 is 3.00 bits per heavy atom. The molecule has 0 saturated carbocycles. The normalized spacial score (nSPS) is 9.47. The van der Waals surface area contributed by atoms with Gasteiger partial charge in [-0.3, -0.25) is 0 Å². The minimum absolute atomic E-state index is 0.316. The molecule has 0 amide bonds. The van der Waals surface area contributed by atoms with Crippen LogP contribution >= 0.6 is 12.2 Å². The van der Waals surface area contributed by atoms with Crippen LogP contribution in [-0.2, 0) is 11.3 Å². The lowest BCUT2D eigenvalue weighted by Gasteiger charge is -2.01. The molecule has 15 heavy (non-hydrogen) atoms. The maximum Gasteiger partial charge on any atom is 0.343 e. The first-order valence-electron chi connectivity index (χ1n) is 4.55. The van der Waals surface area contributed by atoms with Crippen LogP contribution in [0.25, 0.3) is 0 Å². The summed E-state index contributed by atoms with van der Waals surface area (Å²) in [6, 6.07) is 0. The predicted molar refractivity (Wildman–Crippen MR) is 58.5 cm³/mol. The second-order valence-corrected chi connectivity index (χ2v) is 2.80. The van der Waals surface area contributed by atoms with Crippen molar-refractivity contribution >= 4 is 29.2 Å². The van der Waals surface area contributed by atoms with Gasteiger partial charge >= 0.3 is 5.97 Å². The van der Waals surface area contributed by atoms with Crippen LogP contribution in [0.5, 0.6) is 0 Å². The molecule has 0 aromatic carbocycles. The summed E-state index contributed by atoms with van der Waals surface area (Å²) < 4.78 is 6.42. The molecule has 0 aliphatic rings. The zero-order chi connectivity index (χ0) is 11.3. The Morgan fingerprint density at radius 2 is 2.47 bits per heavy atom. The molecule has 0 aliphatic heterocycles. The maximum atomic E-state index is 11.5. The van der Waals surface area contributed by atoms with Gasteiger partial charge in [0.05, 0.1) is 18.0 Å². The van der Waals surface area contributed by atoms with Gasteiger partial charge in [-0.1, -0.05) is 0 Å². The summed E-state index contributed by atoms with van der Waals surface area (Å²) in [5, 5.41) is 6.21. The molecule has 0 saturated heterocycles. The molecule has 0 radical (unpaired) electrons. The van der Waals surface area contributed by atoms with Crippen molar-refractivity contribution in [1.29, 1.82) is 0 Å². The van der Waals surface area contributed by atoms with Gasteiger partial charge in [0.1, 0.15) is 5.56 Å². The van der Waals surface area contributed by atoms with Gasteiger partial charge in [-0.15, -0.1) is 0 Å². The number of isothiocyanates is 1. The van der Waals surface area contributed by atoms with E-state index in [1.165, 1.54) is 6.20 Å². The van der Waals surface area contributed by atoms with E-state index in [0.717, 1.165) is 0 Å². The molecule has 1 rings (SSSR count). The zero-order valence-electron chi connectivity index (χ0n) is 8.56. The Morgan fingerprint density at radius 1 is 1.73 bits per heavy atom. The third-order valence-corrected chi connectivity index (χ3v) is 1.85. The monoisotopic (exact) mass is 225 g/mol. The SMILES string of the molecule is CCOC(=O)c1cnn(CC)c1N=C=S. The summed E-state index contributed by atoms with van der Waals surface area (Å²) in [5.41, 5.74) is 0.316. The average molecular weight is 225 g/mol. The van der Waals surface area contributed by atoms with Crippen LogP contribution in [0.3, 0.4) is 0 Å². The number of aryl methyl sites for hydroxylation is 1. The van der Waals surface area contributed by atoms with Crippen LogP contribution in [0.2, 0.25) is 0 Å². The fraction of sp³-hybridized carbons (Fsp3) is 0.444. The Hall–Kier alpha value is -1.52. The predicted octanol–water partition coefficient (Wildman–Crippen LogP) is 1.81. The number of nitrogens with zero attached hydrogens (tertiary/aromatic N) is 3. The minimum atomic E-state index is -0.443. The molecule has 0 fully saturated rings. The highest BCUT2D eigenvalue weighted by Gasteiger charge is 2.17. The molecular formula is C9H11N3O2S. The quantitative estimate of drug-likeness (QED) is 0.445. The summed E-state index contributed by atoms with van der Waals surface area (Å²) >= 11 is 4.51. The van der Waals surface area contributed by atoms with Gasteiger partial charge in [-0.25, -0.2) is 9.48 Å². The Labute approximate surface area is 92.8 Å². The largest absolute Gasteiger partial charge is 0.462 e. The minimum Gasteiger partial charge on any atom is -0.462 e. The molecule has 0 atom stereocenters. The highest BCUT2D eigenvalue weighted by Crippen LogP contribution is 2.19. The molecule has 1 heterocycles. The van der Waals surface area contributed by atoms with Crippen molar-refractivity contribution in [3.63, 3.8) is 0 Å². The van der Waals surface area contributed by atoms with Crippen molar-refractivity contribution in [2.45, 2.75) is 20.4 Å². The van der Waals surface area contributed by atoms with E-state index in [9.17, 15) is 4.79 Å². The number of thiocarbonyl (C=S) groups is 1. The number of aromatic nitrogens is 2. The van der Waals surface area contributed by atoms with Crippen LogP contribution in [0.4, 0.5) is 5.82 Å². The first kappa shape index (κ1) is 11.6. The molecule has 1 aromatic heterocycles. The second-order valence-electron chi connectivity index (χ2n) is 2.62. The van der Waals surface area contributed by atoms with Crippen LogP contribution in [-0.4, -0.2) is 27.5 Å². The van der Waals surface area contributed by atoms with E-state index < -0.39 is 5.97 Å². The number of aliphatic imine (C=N–C) groups is 1. The molecule has 80 valence electrons. The molecule has 0 bridgehead atoms. The van der Waals surface area contributed by atoms with Crippen LogP contribution in [0.15, 0.2) is 11.2 Å². The van der Waals surface area contributed by atoms with Gasteiger partial charge < -0.3 is 4.74 Å². The first-order valence-corrected chi connectivity index (χ1v) is 4.96. The molecule has 0 aliphatic carbocycles. The zero-order valence-corrected chi connectivity index (χ0v) is 9.37. The van der Waals surface area contributed by atoms with Crippen LogP contribution in [0.1, 0.15) is 24.2 Å². The Bertz CT molecular complexity index is 407. The number of hydrogen-bond donors (Lipinski definition) is 0. The van der Waals surface area contributed by atoms with Crippen LogP contribution in [0, 0.1) is 0 Å². The van der Waals surface area contributed by atoms with Gasteiger partial charge in [0.2, 0.25) is 0 Å². The Kier molecular flexibility index (Phi) is 4.15. The number of carbonyl (C=O) groups excluding carboxylic acids is 1. The van der Waals surface area contributed by atoms with Crippen molar-refractivity contribution < 1.29 is 9.53 Å². The van der Waals surface area contributed by atoms with Crippen molar-refractivity contribution in [1.82, 2.24) is 9.78 Å². The third kappa shape index (κ3) is 2.49. The van der Waals surface area contributed by atoms with E-state index in [4.69, 9.17) is 4.74 Å².